The Morgan fingerprint density at radius 2 is 2.11 bits per heavy atom. The predicted molar refractivity (Wildman–Crippen MR) is 69.8 cm³/mol. The summed E-state index contributed by atoms with van der Waals surface area (Å²) < 4.78 is 10.9. The molecule has 0 amide bonds. The molecule has 0 radical (unpaired) electrons. The molecule has 0 saturated heterocycles. The van der Waals surface area contributed by atoms with Gasteiger partial charge < -0.3 is 19.6 Å². The molecule has 5 heteroatoms. The Bertz CT molecular complexity index is 563. The predicted octanol–water partition coefficient (Wildman–Crippen LogP) is 2.86. The van der Waals surface area contributed by atoms with Gasteiger partial charge in [-0.3, -0.25) is 0 Å². The second-order valence-corrected chi connectivity index (χ2v) is 4.06. The normalized spacial score (nSPS) is 11.9. The quantitative estimate of drug-likeness (QED) is 0.868. The minimum atomic E-state index is -1.000. The van der Waals surface area contributed by atoms with Crippen LogP contribution >= 0.6 is 0 Å². The van der Waals surface area contributed by atoms with Crippen LogP contribution in [0.4, 0.5) is 0 Å². The molecule has 2 N–H and O–H groups in total. The van der Waals surface area contributed by atoms with E-state index in [1.807, 2.05) is 19.1 Å². The Morgan fingerprint density at radius 3 is 2.68 bits per heavy atom. The second-order valence-electron chi connectivity index (χ2n) is 4.06. The van der Waals surface area contributed by atoms with E-state index >= 15 is 0 Å². The van der Waals surface area contributed by atoms with Gasteiger partial charge in [0.15, 0.2) is 11.5 Å². The Balaban J connectivity index is 2.27. The number of carboxylic acids is 1. The molecule has 19 heavy (non-hydrogen) atoms. The largest absolute Gasteiger partial charge is 0.493 e. The summed E-state index contributed by atoms with van der Waals surface area (Å²) in [6, 6.07) is 8.30. The number of benzene rings is 1. The lowest BCUT2D eigenvalue weighted by Gasteiger charge is -2.16. The van der Waals surface area contributed by atoms with Gasteiger partial charge in [-0.15, -0.1) is 0 Å². The number of H-pyrrole nitrogens is 1. The van der Waals surface area contributed by atoms with Gasteiger partial charge in [-0.25, -0.2) is 4.79 Å². The van der Waals surface area contributed by atoms with Gasteiger partial charge in [-0.2, -0.15) is 0 Å². The average Bonchev–Trinajstić information content (AvgIpc) is 2.92. The fourth-order valence-electron chi connectivity index (χ4n) is 1.75. The van der Waals surface area contributed by atoms with Gasteiger partial charge in [-0.05, 0) is 37.3 Å². The molecule has 2 aromatic rings. The van der Waals surface area contributed by atoms with E-state index < -0.39 is 5.97 Å². The number of carbonyl (C=O) groups is 1. The zero-order valence-corrected chi connectivity index (χ0v) is 10.7. The SMILES string of the molecule is COc1ccc(C(=O)O)cc1OC(C)c1ccc[nH]1. The maximum Gasteiger partial charge on any atom is 0.335 e. The smallest absolute Gasteiger partial charge is 0.335 e. The first kappa shape index (κ1) is 13.0. The maximum absolute atomic E-state index is 11.0. The van der Waals surface area contributed by atoms with E-state index in [1.165, 1.54) is 19.2 Å². The van der Waals surface area contributed by atoms with Crippen LogP contribution < -0.4 is 9.47 Å². The number of carboxylic acid groups (broad SMARTS) is 1. The highest BCUT2D eigenvalue weighted by molar-refractivity contribution is 5.88. The molecule has 0 bridgehead atoms. The number of hydrogen-bond donors (Lipinski definition) is 2. The number of nitrogens with one attached hydrogen (secondary N) is 1. The Labute approximate surface area is 110 Å². The molecule has 0 spiro atoms. The van der Waals surface area contributed by atoms with Crippen LogP contribution in [-0.4, -0.2) is 23.2 Å². The Kier molecular flexibility index (Phi) is 3.75. The third-order valence-corrected chi connectivity index (χ3v) is 2.77. The molecular weight excluding hydrogens is 246 g/mol. The van der Waals surface area contributed by atoms with Crippen molar-refractivity contribution in [3.05, 3.63) is 47.8 Å². The molecule has 1 atom stereocenters. The van der Waals surface area contributed by atoms with E-state index in [1.54, 1.807) is 12.3 Å². The van der Waals surface area contributed by atoms with Gasteiger partial charge >= 0.3 is 5.97 Å². The van der Waals surface area contributed by atoms with Gasteiger partial charge in [0.05, 0.1) is 18.4 Å². The first-order chi connectivity index (χ1) is 9.11. The second kappa shape index (κ2) is 5.48. The van der Waals surface area contributed by atoms with E-state index in [2.05, 4.69) is 4.98 Å². The summed E-state index contributed by atoms with van der Waals surface area (Å²) in [5, 5.41) is 8.99. The van der Waals surface area contributed by atoms with Crippen molar-refractivity contribution in [2.24, 2.45) is 0 Å². The molecule has 0 aliphatic heterocycles. The van der Waals surface area contributed by atoms with Crippen LogP contribution in [0.2, 0.25) is 0 Å². The van der Waals surface area contributed by atoms with Gasteiger partial charge in [0.2, 0.25) is 0 Å². The van der Waals surface area contributed by atoms with E-state index in [0.717, 1.165) is 5.69 Å². The van der Waals surface area contributed by atoms with Crippen LogP contribution in [0.5, 0.6) is 11.5 Å². The van der Waals surface area contributed by atoms with Crippen LogP contribution in [0.15, 0.2) is 36.5 Å². The van der Waals surface area contributed by atoms with Crippen LogP contribution in [0, 0.1) is 0 Å². The van der Waals surface area contributed by atoms with Gasteiger partial charge in [0, 0.05) is 6.20 Å². The lowest BCUT2D eigenvalue weighted by Crippen LogP contribution is -2.06. The zero-order valence-electron chi connectivity index (χ0n) is 10.7. The summed E-state index contributed by atoms with van der Waals surface area (Å²) in [5.74, 6) is -0.0899. The standard InChI is InChI=1S/C14H15NO4/c1-9(11-4-3-7-15-11)19-13-8-10(14(16)17)5-6-12(13)18-2/h3-9,15H,1-2H3,(H,16,17). The van der Waals surface area contributed by atoms with Crippen molar-refractivity contribution in [2.75, 3.05) is 7.11 Å². The van der Waals surface area contributed by atoms with E-state index in [4.69, 9.17) is 14.6 Å². The van der Waals surface area contributed by atoms with Crippen molar-refractivity contribution in [3.8, 4) is 11.5 Å². The van der Waals surface area contributed by atoms with E-state index in [0.29, 0.717) is 11.5 Å². The van der Waals surface area contributed by atoms with Crippen molar-refractivity contribution in [3.63, 3.8) is 0 Å². The third kappa shape index (κ3) is 2.88. The monoisotopic (exact) mass is 261 g/mol. The van der Waals surface area contributed by atoms with Crippen molar-refractivity contribution < 1.29 is 19.4 Å². The molecule has 5 nitrogen and oxygen atoms in total. The van der Waals surface area contributed by atoms with E-state index in [9.17, 15) is 4.79 Å². The molecule has 0 fully saturated rings. The first-order valence-electron chi connectivity index (χ1n) is 5.83. The molecule has 0 aliphatic carbocycles. The molecule has 100 valence electrons. The number of aromatic nitrogens is 1. The number of rotatable bonds is 5. The molecule has 2 rings (SSSR count). The summed E-state index contributed by atoms with van der Waals surface area (Å²) >= 11 is 0. The zero-order chi connectivity index (χ0) is 13.8. The highest BCUT2D eigenvalue weighted by atomic mass is 16.5. The summed E-state index contributed by atoms with van der Waals surface area (Å²) in [6.45, 7) is 1.87. The highest BCUT2D eigenvalue weighted by Gasteiger charge is 2.14. The molecular formula is C14H15NO4. The fraction of sp³-hybridized carbons (Fsp3) is 0.214. The first-order valence-corrected chi connectivity index (χ1v) is 5.83. The van der Waals surface area contributed by atoms with Crippen molar-refractivity contribution >= 4 is 5.97 Å². The van der Waals surface area contributed by atoms with E-state index in [-0.39, 0.29) is 11.7 Å². The van der Waals surface area contributed by atoms with Crippen LogP contribution in [0.25, 0.3) is 0 Å². The van der Waals surface area contributed by atoms with Crippen molar-refractivity contribution in [1.29, 1.82) is 0 Å². The van der Waals surface area contributed by atoms with Crippen LogP contribution in [0.3, 0.4) is 0 Å². The van der Waals surface area contributed by atoms with Gasteiger partial charge in [0.1, 0.15) is 6.10 Å². The number of aromatic carboxylic acids is 1. The summed E-state index contributed by atoms with van der Waals surface area (Å²) in [4.78, 5) is 14.0. The molecule has 0 aliphatic rings. The minimum Gasteiger partial charge on any atom is -0.493 e. The number of ether oxygens (including phenoxy) is 2. The van der Waals surface area contributed by atoms with Crippen molar-refractivity contribution in [2.45, 2.75) is 13.0 Å². The number of aromatic amines is 1. The molecule has 1 unspecified atom stereocenters. The average molecular weight is 261 g/mol. The summed E-state index contributed by atoms with van der Waals surface area (Å²) in [7, 11) is 1.52. The van der Waals surface area contributed by atoms with Crippen LogP contribution in [-0.2, 0) is 0 Å². The molecule has 1 aromatic heterocycles. The summed E-state index contributed by atoms with van der Waals surface area (Å²) in [6.07, 6.45) is 1.58. The Morgan fingerprint density at radius 1 is 1.32 bits per heavy atom. The number of methoxy groups -OCH3 is 1. The van der Waals surface area contributed by atoms with Gasteiger partial charge in [0.25, 0.3) is 0 Å². The fourth-order valence-corrected chi connectivity index (χ4v) is 1.75. The minimum absolute atomic E-state index is 0.162. The van der Waals surface area contributed by atoms with Crippen molar-refractivity contribution in [1.82, 2.24) is 4.98 Å². The Hall–Kier alpha value is -2.43. The number of hydrogen-bond acceptors (Lipinski definition) is 3. The molecule has 0 saturated carbocycles. The molecule has 1 aromatic carbocycles. The molecule has 1 heterocycles. The lowest BCUT2D eigenvalue weighted by atomic mass is 10.2. The highest BCUT2D eigenvalue weighted by Crippen LogP contribution is 2.31. The third-order valence-electron chi connectivity index (χ3n) is 2.77. The maximum atomic E-state index is 11.0. The topological polar surface area (TPSA) is 71.6 Å². The van der Waals surface area contributed by atoms with Gasteiger partial charge in [-0.1, -0.05) is 0 Å². The van der Waals surface area contributed by atoms with Crippen LogP contribution in [0.1, 0.15) is 29.1 Å². The summed E-state index contributed by atoms with van der Waals surface area (Å²) in [5.41, 5.74) is 1.07. The lowest BCUT2D eigenvalue weighted by molar-refractivity contribution is 0.0696.